The number of methoxy groups -OCH3 is 1. The van der Waals surface area contributed by atoms with Crippen molar-refractivity contribution in [2.75, 3.05) is 25.2 Å². The van der Waals surface area contributed by atoms with Crippen molar-refractivity contribution >= 4 is 17.7 Å². The standard InChI is InChI=1S/C25H30N2O5/c1-5-11-31-25(29)32-20-12-16(2)21(17(3)13-20)15-22(26)24(28)27-10-6-7-18-14-19(30-4)8-9-23(18)27/h5,8-9,12-14,22H,1,6-7,10-11,15,26H2,2-4H3. The van der Waals surface area contributed by atoms with Crippen LogP contribution >= 0.6 is 0 Å². The Morgan fingerprint density at radius 1 is 1.19 bits per heavy atom. The lowest BCUT2D eigenvalue weighted by Gasteiger charge is -2.32. The zero-order valence-electron chi connectivity index (χ0n) is 18.8. The van der Waals surface area contributed by atoms with Gasteiger partial charge in [-0.25, -0.2) is 4.79 Å². The highest BCUT2D eigenvalue weighted by molar-refractivity contribution is 5.98. The van der Waals surface area contributed by atoms with E-state index in [4.69, 9.17) is 19.9 Å². The SMILES string of the molecule is C=CCOC(=O)Oc1cc(C)c(CC(N)C(=O)N2CCCc3cc(OC)ccc32)c(C)c1. The molecule has 1 unspecified atom stereocenters. The number of anilines is 1. The van der Waals surface area contributed by atoms with E-state index < -0.39 is 12.2 Å². The van der Waals surface area contributed by atoms with Gasteiger partial charge in [0.05, 0.1) is 13.2 Å². The van der Waals surface area contributed by atoms with Crippen LogP contribution in [0.15, 0.2) is 43.0 Å². The Labute approximate surface area is 188 Å². The van der Waals surface area contributed by atoms with Gasteiger partial charge in [0.25, 0.3) is 0 Å². The number of nitrogens with two attached hydrogens (primary N) is 1. The predicted octanol–water partition coefficient (Wildman–Crippen LogP) is 3.86. The van der Waals surface area contributed by atoms with E-state index in [1.807, 2.05) is 32.0 Å². The number of hydrogen-bond donors (Lipinski definition) is 1. The predicted molar refractivity (Wildman–Crippen MR) is 123 cm³/mol. The Kier molecular flexibility index (Phi) is 7.53. The number of carbonyl (C=O) groups excluding carboxylic acids is 2. The summed E-state index contributed by atoms with van der Waals surface area (Å²) in [5, 5.41) is 0. The molecule has 1 heterocycles. The third-order valence-corrected chi connectivity index (χ3v) is 5.60. The van der Waals surface area contributed by atoms with E-state index in [0.717, 1.165) is 46.5 Å². The van der Waals surface area contributed by atoms with Crippen molar-refractivity contribution in [2.24, 2.45) is 5.73 Å². The molecule has 32 heavy (non-hydrogen) atoms. The summed E-state index contributed by atoms with van der Waals surface area (Å²) in [6.07, 6.45) is 2.85. The van der Waals surface area contributed by atoms with Crippen molar-refractivity contribution < 1.29 is 23.8 Å². The van der Waals surface area contributed by atoms with Gasteiger partial charge in [0, 0.05) is 12.2 Å². The Hall–Kier alpha value is -3.32. The van der Waals surface area contributed by atoms with Crippen LogP contribution in [0.2, 0.25) is 0 Å². The summed E-state index contributed by atoms with van der Waals surface area (Å²) in [5.74, 6) is 1.06. The molecular weight excluding hydrogens is 408 g/mol. The van der Waals surface area contributed by atoms with Gasteiger partial charge in [0.1, 0.15) is 18.1 Å². The summed E-state index contributed by atoms with van der Waals surface area (Å²) in [6, 6.07) is 8.57. The monoisotopic (exact) mass is 438 g/mol. The second-order valence-electron chi connectivity index (χ2n) is 7.89. The van der Waals surface area contributed by atoms with Crippen LogP contribution in [0.3, 0.4) is 0 Å². The van der Waals surface area contributed by atoms with Crippen LogP contribution in [0.4, 0.5) is 10.5 Å². The topological polar surface area (TPSA) is 91.1 Å². The van der Waals surface area contributed by atoms with Gasteiger partial charge in [0.2, 0.25) is 5.91 Å². The van der Waals surface area contributed by atoms with Crippen LogP contribution in [0, 0.1) is 13.8 Å². The van der Waals surface area contributed by atoms with E-state index in [9.17, 15) is 9.59 Å². The molecule has 0 saturated carbocycles. The van der Waals surface area contributed by atoms with Gasteiger partial charge in [-0.05, 0) is 85.7 Å². The molecule has 0 fully saturated rings. The normalized spacial score (nSPS) is 13.7. The summed E-state index contributed by atoms with van der Waals surface area (Å²) in [6.45, 7) is 8.03. The van der Waals surface area contributed by atoms with Gasteiger partial charge < -0.3 is 24.8 Å². The summed E-state index contributed by atoms with van der Waals surface area (Å²) in [7, 11) is 1.63. The fraction of sp³-hybridized carbons (Fsp3) is 0.360. The Morgan fingerprint density at radius 3 is 2.56 bits per heavy atom. The van der Waals surface area contributed by atoms with Crippen molar-refractivity contribution in [3.63, 3.8) is 0 Å². The second-order valence-corrected chi connectivity index (χ2v) is 7.89. The molecule has 1 aliphatic heterocycles. The number of ether oxygens (including phenoxy) is 3. The number of aryl methyl sites for hydroxylation is 3. The number of amides is 1. The Bertz CT molecular complexity index is 994. The van der Waals surface area contributed by atoms with E-state index >= 15 is 0 Å². The third-order valence-electron chi connectivity index (χ3n) is 5.60. The fourth-order valence-electron chi connectivity index (χ4n) is 4.02. The van der Waals surface area contributed by atoms with Crippen LogP contribution in [0.5, 0.6) is 11.5 Å². The molecule has 0 aliphatic carbocycles. The van der Waals surface area contributed by atoms with Gasteiger partial charge in [-0.3, -0.25) is 4.79 Å². The molecule has 7 heteroatoms. The van der Waals surface area contributed by atoms with E-state index in [1.165, 1.54) is 6.08 Å². The van der Waals surface area contributed by atoms with Gasteiger partial charge in [-0.15, -0.1) is 0 Å². The van der Waals surface area contributed by atoms with Crippen molar-refractivity contribution in [1.29, 1.82) is 0 Å². The fourth-order valence-corrected chi connectivity index (χ4v) is 4.02. The third kappa shape index (κ3) is 5.29. The summed E-state index contributed by atoms with van der Waals surface area (Å²) in [4.78, 5) is 26.7. The van der Waals surface area contributed by atoms with E-state index in [2.05, 4.69) is 6.58 Å². The molecule has 0 saturated heterocycles. The zero-order valence-corrected chi connectivity index (χ0v) is 18.8. The lowest BCUT2D eigenvalue weighted by atomic mass is 9.94. The minimum atomic E-state index is -0.788. The molecule has 1 atom stereocenters. The maximum Gasteiger partial charge on any atom is 0.514 e. The first-order chi connectivity index (χ1) is 15.3. The van der Waals surface area contributed by atoms with Crippen molar-refractivity contribution in [3.8, 4) is 11.5 Å². The lowest BCUT2D eigenvalue weighted by Crippen LogP contribution is -2.47. The van der Waals surface area contributed by atoms with E-state index in [1.54, 1.807) is 24.1 Å². The smallest absolute Gasteiger partial charge is 0.497 e. The number of nitrogens with zero attached hydrogens (tertiary/aromatic N) is 1. The molecule has 0 bridgehead atoms. The highest BCUT2D eigenvalue weighted by Gasteiger charge is 2.28. The molecule has 3 rings (SSSR count). The van der Waals surface area contributed by atoms with Gasteiger partial charge in [-0.2, -0.15) is 0 Å². The van der Waals surface area contributed by atoms with E-state index in [-0.39, 0.29) is 12.5 Å². The maximum atomic E-state index is 13.2. The van der Waals surface area contributed by atoms with Crippen LogP contribution in [0.25, 0.3) is 0 Å². The van der Waals surface area contributed by atoms with E-state index in [0.29, 0.717) is 18.7 Å². The average molecular weight is 439 g/mol. The van der Waals surface area contributed by atoms with Crippen molar-refractivity contribution in [1.82, 2.24) is 0 Å². The van der Waals surface area contributed by atoms with Gasteiger partial charge in [-0.1, -0.05) is 12.7 Å². The lowest BCUT2D eigenvalue weighted by molar-refractivity contribution is -0.119. The summed E-state index contributed by atoms with van der Waals surface area (Å²) in [5.41, 5.74) is 11.1. The minimum Gasteiger partial charge on any atom is -0.497 e. The van der Waals surface area contributed by atoms with Crippen molar-refractivity contribution in [3.05, 3.63) is 65.2 Å². The summed E-state index contributed by atoms with van der Waals surface area (Å²) < 4.78 is 15.4. The summed E-state index contributed by atoms with van der Waals surface area (Å²) >= 11 is 0. The molecular formula is C25H30N2O5. The number of hydrogen-bond acceptors (Lipinski definition) is 6. The van der Waals surface area contributed by atoms with Gasteiger partial charge in [0.15, 0.2) is 0 Å². The van der Waals surface area contributed by atoms with Crippen LogP contribution in [-0.4, -0.2) is 38.4 Å². The van der Waals surface area contributed by atoms with Crippen LogP contribution in [-0.2, 0) is 22.4 Å². The molecule has 2 aromatic carbocycles. The molecule has 2 N–H and O–H groups in total. The zero-order chi connectivity index (χ0) is 23.3. The second kappa shape index (κ2) is 10.3. The first kappa shape index (κ1) is 23.3. The first-order valence-electron chi connectivity index (χ1n) is 10.6. The number of rotatable bonds is 7. The highest BCUT2D eigenvalue weighted by Crippen LogP contribution is 2.31. The molecule has 0 aromatic heterocycles. The van der Waals surface area contributed by atoms with Crippen LogP contribution < -0.4 is 20.1 Å². The molecule has 7 nitrogen and oxygen atoms in total. The minimum absolute atomic E-state index is 0.0816. The first-order valence-corrected chi connectivity index (χ1v) is 10.6. The Balaban J connectivity index is 1.73. The van der Waals surface area contributed by atoms with Crippen molar-refractivity contribution in [2.45, 2.75) is 39.2 Å². The molecule has 170 valence electrons. The van der Waals surface area contributed by atoms with Gasteiger partial charge >= 0.3 is 6.16 Å². The molecule has 0 spiro atoms. The average Bonchev–Trinajstić information content (AvgIpc) is 2.78. The molecule has 1 amide bonds. The molecule has 2 aromatic rings. The number of fused-ring (bicyclic) bond motifs is 1. The largest absolute Gasteiger partial charge is 0.514 e. The quantitative estimate of drug-likeness (QED) is 0.401. The Morgan fingerprint density at radius 2 is 1.91 bits per heavy atom. The van der Waals surface area contributed by atoms with Crippen LogP contribution in [0.1, 0.15) is 28.7 Å². The number of carbonyl (C=O) groups is 2. The highest BCUT2D eigenvalue weighted by atomic mass is 16.7. The maximum absolute atomic E-state index is 13.2. The number of benzene rings is 2. The molecule has 1 aliphatic rings. The molecule has 0 radical (unpaired) electrons.